The van der Waals surface area contributed by atoms with E-state index in [4.69, 9.17) is 5.73 Å². The van der Waals surface area contributed by atoms with Crippen LogP contribution in [0.1, 0.15) is 25.0 Å². The Bertz CT molecular complexity index is 560. The van der Waals surface area contributed by atoms with Crippen LogP contribution in [0.5, 0.6) is 0 Å². The summed E-state index contributed by atoms with van der Waals surface area (Å²) in [5.74, 6) is -0.204. The van der Waals surface area contributed by atoms with E-state index >= 15 is 0 Å². The first-order valence-corrected chi connectivity index (χ1v) is 7.01. The second-order valence-electron chi connectivity index (χ2n) is 4.87. The second-order valence-corrected chi connectivity index (χ2v) is 4.87. The van der Waals surface area contributed by atoms with Crippen LogP contribution < -0.4 is 10.6 Å². The van der Waals surface area contributed by atoms with E-state index in [1.54, 1.807) is 0 Å². The maximum Gasteiger partial charge on any atom is 0.123 e. The van der Waals surface area contributed by atoms with Crippen molar-refractivity contribution in [2.24, 2.45) is 0 Å². The lowest BCUT2D eigenvalue weighted by molar-refractivity contribution is 0.627. The fourth-order valence-electron chi connectivity index (χ4n) is 2.40. The monoisotopic (exact) mass is 272 g/mol. The fourth-order valence-corrected chi connectivity index (χ4v) is 2.40. The summed E-state index contributed by atoms with van der Waals surface area (Å²) < 4.78 is 12.9. The number of nitrogen functional groups attached to an aromatic ring is 1. The first-order chi connectivity index (χ1) is 9.63. The van der Waals surface area contributed by atoms with E-state index in [0.717, 1.165) is 42.0 Å². The first kappa shape index (κ1) is 14.4. The highest BCUT2D eigenvalue weighted by Crippen LogP contribution is 2.25. The average Bonchev–Trinajstić information content (AvgIpc) is 2.45. The van der Waals surface area contributed by atoms with Crippen LogP contribution in [0.3, 0.4) is 0 Å². The molecule has 0 aromatic heterocycles. The molecule has 0 aliphatic rings. The highest BCUT2D eigenvalue weighted by molar-refractivity contribution is 5.68. The van der Waals surface area contributed by atoms with Gasteiger partial charge < -0.3 is 10.6 Å². The number of nitrogens with two attached hydrogens (primary N) is 1. The van der Waals surface area contributed by atoms with E-state index in [0.29, 0.717) is 0 Å². The summed E-state index contributed by atoms with van der Waals surface area (Å²) in [5.41, 5.74) is 10.3. The number of rotatable bonds is 5. The Labute approximate surface area is 120 Å². The van der Waals surface area contributed by atoms with E-state index in [1.165, 1.54) is 12.1 Å². The summed E-state index contributed by atoms with van der Waals surface area (Å²) in [5, 5.41) is 0. The van der Waals surface area contributed by atoms with Crippen LogP contribution in [0.4, 0.5) is 15.8 Å². The van der Waals surface area contributed by atoms with E-state index in [2.05, 4.69) is 30.9 Å². The molecule has 0 unspecified atom stereocenters. The highest BCUT2D eigenvalue weighted by atomic mass is 19.1. The summed E-state index contributed by atoms with van der Waals surface area (Å²) in [4.78, 5) is 2.23. The Morgan fingerprint density at radius 3 is 2.10 bits per heavy atom. The molecular weight excluding hydrogens is 251 g/mol. The quantitative estimate of drug-likeness (QED) is 0.838. The minimum absolute atomic E-state index is 0.204. The molecule has 0 bridgehead atoms. The maximum absolute atomic E-state index is 12.9. The van der Waals surface area contributed by atoms with Gasteiger partial charge in [0, 0.05) is 13.1 Å². The number of nitrogens with zero attached hydrogens (tertiary/aromatic N) is 1. The van der Waals surface area contributed by atoms with Crippen LogP contribution in [0, 0.1) is 5.82 Å². The van der Waals surface area contributed by atoms with Crippen molar-refractivity contribution in [1.29, 1.82) is 0 Å². The molecule has 3 heteroatoms. The molecule has 2 N–H and O–H groups in total. The van der Waals surface area contributed by atoms with Crippen LogP contribution >= 0.6 is 0 Å². The topological polar surface area (TPSA) is 29.3 Å². The van der Waals surface area contributed by atoms with Gasteiger partial charge in [0.1, 0.15) is 5.82 Å². The minimum Gasteiger partial charge on any atom is -0.397 e. The molecule has 0 amide bonds. The van der Waals surface area contributed by atoms with Crippen molar-refractivity contribution >= 4 is 11.4 Å². The Morgan fingerprint density at radius 2 is 1.55 bits per heavy atom. The summed E-state index contributed by atoms with van der Waals surface area (Å²) in [6.07, 6.45) is 0.767. The third-order valence-electron chi connectivity index (χ3n) is 3.52. The molecule has 0 aliphatic carbocycles. The number of anilines is 2. The van der Waals surface area contributed by atoms with Gasteiger partial charge in [-0.05, 0) is 55.7 Å². The lowest BCUT2D eigenvalue weighted by Gasteiger charge is -2.23. The van der Waals surface area contributed by atoms with E-state index in [1.807, 2.05) is 18.2 Å². The predicted molar refractivity (Wildman–Crippen MR) is 83.6 cm³/mol. The standard InChI is InChI=1S/C17H21FN2/c1-3-20(4-2)17-10-7-14(12-16(17)19)11-13-5-8-15(18)9-6-13/h5-10,12H,3-4,11,19H2,1-2H3. The molecule has 0 aliphatic heterocycles. The van der Waals surface area contributed by atoms with Crippen LogP contribution in [-0.2, 0) is 6.42 Å². The van der Waals surface area contributed by atoms with E-state index < -0.39 is 0 Å². The number of hydrogen-bond acceptors (Lipinski definition) is 2. The molecule has 2 nitrogen and oxygen atoms in total. The molecule has 0 saturated heterocycles. The van der Waals surface area contributed by atoms with Crippen LogP contribution in [0.2, 0.25) is 0 Å². The lowest BCUT2D eigenvalue weighted by atomic mass is 10.0. The van der Waals surface area contributed by atoms with Gasteiger partial charge in [-0.2, -0.15) is 0 Å². The van der Waals surface area contributed by atoms with Crippen LogP contribution in [0.25, 0.3) is 0 Å². The van der Waals surface area contributed by atoms with Gasteiger partial charge in [0.05, 0.1) is 11.4 Å². The Morgan fingerprint density at radius 1 is 0.950 bits per heavy atom. The van der Waals surface area contributed by atoms with Crippen LogP contribution in [-0.4, -0.2) is 13.1 Å². The van der Waals surface area contributed by atoms with Gasteiger partial charge in [-0.25, -0.2) is 4.39 Å². The number of halogens is 1. The molecule has 0 radical (unpaired) electrons. The molecule has 2 rings (SSSR count). The molecule has 0 heterocycles. The molecule has 2 aromatic rings. The molecular formula is C17H21FN2. The van der Waals surface area contributed by atoms with Gasteiger partial charge in [-0.1, -0.05) is 18.2 Å². The minimum atomic E-state index is -0.204. The van der Waals surface area contributed by atoms with Crippen molar-refractivity contribution in [3.8, 4) is 0 Å². The SMILES string of the molecule is CCN(CC)c1ccc(Cc2ccc(F)cc2)cc1N. The smallest absolute Gasteiger partial charge is 0.123 e. The Kier molecular flexibility index (Phi) is 4.61. The van der Waals surface area contributed by atoms with E-state index in [9.17, 15) is 4.39 Å². The maximum atomic E-state index is 12.9. The van der Waals surface area contributed by atoms with Crippen molar-refractivity contribution in [3.05, 3.63) is 59.4 Å². The van der Waals surface area contributed by atoms with E-state index in [-0.39, 0.29) is 5.82 Å². The van der Waals surface area contributed by atoms with Gasteiger partial charge >= 0.3 is 0 Å². The molecule has 20 heavy (non-hydrogen) atoms. The molecule has 2 aromatic carbocycles. The van der Waals surface area contributed by atoms with Gasteiger partial charge in [0.15, 0.2) is 0 Å². The molecule has 0 atom stereocenters. The first-order valence-electron chi connectivity index (χ1n) is 7.01. The summed E-state index contributed by atoms with van der Waals surface area (Å²) in [6.45, 7) is 6.13. The van der Waals surface area contributed by atoms with Gasteiger partial charge in [-0.3, -0.25) is 0 Å². The summed E-state index contributed by atoms with van der Waals surface area (Å²) in [6, 6.07) is 12.8. The van der Waals surface area contributed by atoms with Gasteiger partial charge in [-0.15, -0.1) is 0 Å². The highest BCUT2D eigenvalue weighted by Gasteiger charge is 2.07. The third kappa shape index (κ3) is 3.29. The van der Waals surface area contributed by atoms with Gasteiger partial charge in [0.25, 0.3) is 0 Å². The van der Waals surface area contributed by atoms with Crippen molar-refractivity contribution in [3.63, 3.8) is 0 Å². The second kappa shape index (κ2) is 6.42. The molecule has 0 spiro atoms. The third-order valence-corrected chi connectivity index (χ3v) is 3.52. The molecule has 0 saturated carbocycles. The lowest BCUT2D eigenvalue weighted by Crippen LogP contribution is -2.22. The van der Waals surface area contributed by atoms with Crippen molar-refractivity contribution in [2.75, 3.05) is 23.7 Å². The van der Waals surface area contributed by atoms with Crippen molar-refractivity contribution in [1.82, 2.24) is 0 Å². The zero-order valence-electron chi connectivity index (χ0n) is 12.1. The predicted octanol–water partition coefficient (Wildman–Crippen LogP) is 3.84. The zero-order valence-corrected chi connectivity index (χ0v) is 12.1. The zero-order chi connectivity index (χ0) is 14.5. The van der Waals surface area contributed by atoms with Crippen molar-refractivity contribution < 1.29 is 4.39 Å². The number of benzene rings is 2. The summed E-state index contributed by atoms with van der Waals surface area (Å²) in [7, 11) is 0. The molecule has 106 valence electrons. The normalized spacial score (nSPS) is 10.6. The fraction of sp³-hybridized carbons (Fsp3) is 0.294. The van der Waals surface area contributed by atoms with Gasteiger partial charge in [0.2, 0.25) is 0 Å². The average molecular weight is 272 g/mol. The van der Waals surface area contributed by atoms with Crippen molar-refractivity contribution in [2.45, 2.75) is 20.3 Å². The Balaban J connectivity index is 2.18. The Hall–Kier alpha value is -2.03. The largest absolute Gasteiger partial charge is 0.397 e. The molecule has 0 fully saturated rings. The number of hydrogen-bond donors (Lipinski definition) is 1. The van der Waals surface area contributed by atoms with Crippen LogP contribution in [0.15, 0.2) is 42.5 Å². The summed E-state index contributed by atoms with van der Waals surface area (Å²) >= 11 is 0.